The fourth-order valence-electron chi connectivity index (χ4n) is 2.79. The molecule has 27 heavy (non-hydrogen) atoms. The minimum Gasteiger partial charge on any atom is -0.493 e. The highest BCUT2D eigenvalue weighted by atomic mass is 32.2. The molecule has 0 saturated carbocycles. The largest absolute Gasteiger partial charge is 0.493 e. The second-order valence-corrected chi connectivity index (χ2v) is 7.82. The number of ether oxygens (including phenoxy) is 2. The Hall–Kier alpha value is -2.33. The van der Waals surface area contributed by atoms with Gasteiger partial charge in [0.15, 0.2) is 11.5 Å². The number of methoxy groups -OCH3 is 2. The fourth-order valence-corrected chi connectivity index (χ4v) is 3.84. The second kappa shape index (κ2) is 9.05. The van der Waals surface area contributed by atoms with Gasteiger partial charge in [-0.15, -0.1) is 0 Å². The zero-order valence-electron chi connectivity index (χ0n) is 15.7. The van der Waals surface area contributed by atoms with Crippen LogP contribution in [0.25, 0.3) is 0 Å². The fraction of sp³-hybridized carbons (Fsp3) is 0.529. The lowest BCUT2D eigenvalue weighted by atomic mass is 10.3. The van der Waals surface area contributed by atoms with Gasteiger partial charge in [-0.25, -0.2) is 13.1 Å². The predicted octanol–water partition coefficient (Wildman–Crippen LogP) is 0.0629. The second-order valence-electron chi connectivity index (χ2n) is 6.05. The summed E-state index contributed by atoms with van der Waals surface area (Å²) in [4.78, 5) is 26.9. The van der Waals surface area contributed by atoms with E-state index < -0.39 is 10.0 Å². The Kier molecular flexibility index (Phi) is 7.03. The lowest BCUT2D eigenvalue weighted by Crippen LogP contribution is -2.50. The van der Waals surface area contributed by atoms with Crippen LogP contribution in [0.4, 0.5) is 0 Å². The molecular formula is C17H25N3O6S. The Balaban J connectivity index is 1.89. The highest BCUT2D eigenvalue weighted by Gasteiger charge is 2.23. The number of hydrogen-bond donors (Lipinski definition) is 1. The van der Waals surface area contributed by atoms with Crippen molar-refractivity contribution in [3.63, 3.8) is 0 Å². The highest BCUT2D eigenvalue weighted by Crippen LogP contribution is 2.29. The summed E-state index contributed by atoms with van der Waals surface area (Å²) in [6.07, 6.45) is 0.0482. The molecule has 1 aromatic carbocycles. The molecule has 2 amide bonds. The summed E-state index contributed by atoms with van der Waals surface area (Å²) in [5.41, 5.74) is 0. The maximum absolute atomic E-state index is 12.4. The number of nitrogens with zero attached hydrogens (tertiary/aromatic N) is 2. The molecule has 1 aromatic rings. The zero-order chi connectivity index (χ0) is 20.0. The standard InChI is InChI=1S/C17H25N3O6S/c1-13(21)19-8-10-20(11-9-19)17(22)6-7-18-27(23,24)14-4-5-15(25-2)16(12-14)26-3/h4-5,12,18H,6-11H2,1-3H3. The summed E-state index contributed by atoms with van der Waals surface area (Å²) in [7, 11) is -0.886. The quantitative estimate of drug-likeness (QED) is 0.695. The van der Waals surface area contributed by atoms with E-state index in [2.05, 4.69) is 4.72 Å². The van der Waals surface area contributed by atoms with E-state index in [1.807, 2.05) is 0 Å². The monoisotopic (exact) mass is 399 g/mol. The van der Waals surface area contributed by atoms with Crippen LogP contribution >= 0.6 is 0 Å². The van der Waals surface area contributed by atoms with Crippen molar-refractivity contribution in [2.24, 2.45) is 0 Å². The molecule has 1 aliphatic heterocycles. The van der Waals surface area contributed by atoms with Gasteiger partial charge in [-0.2, -0.15) is 0 Å². The topological polar surface area (TPSA) is 105 Å². The first kappa shape index (κ1) is 21.0. The number of benzene rings is 1. The van der Waals surface area contributed by atoms with Crippen LogP contribution in [0.2, 0.25) is 0 Å². The Morgan fingerprint density at radius 3 is 2.19 bits per heavy atom. The number of amides is 2. The van der Waals surface area contributed by atoms with Crippen LogP contribution in [0.15, 0.2) is 23.1 Å². The Bertz CT molecular complexity index is 788. The summed E-state index contributed by atoms with van der Waals surface area (Å²) in [6.45, 7) is 3.40. The van der Waals surface area contributed by atoms with E-state index in [0.717, 1.165) is 0 Å². The number of piperazine rings is 1. The minimum atomic E-state index is -3.77. The van der Waals surface area contributed by atoms with Crippen LogP contribution in [0.3, 0.4) is 0 Å². The van der Waals surface area contributed by atoms with E-state index in [0.29, 0.717) is 37.7 Å². The molecule has 0 unspecified atom stereocenters. The zero-order valence-corrected chi connectivity index (χ0v) is 16.5. The number of carbonyl (C=O) groups excluding carboxylic acids is 2. The van der Waals surface area contributed by atoms with Crippen LogP contribution in [0, 0.1) is 0 Å². The van der Waals surface area contributed by atoms with Gasteiger partial charge < -0.3 is 19.3 Å². The van der Waals surface area contributed by atoms with Gasteiger partial charge in [-0.3, -0.25) is 9.59 Å². The van der Waals surface area contributed by atoms with Crippen LogP contribution < -0.4 is 14.2 Å². The van der Waals surface area contributed by atoms with Crippen molar-refractivity contribution in [2.75, 3.05) is 46.9 Å². The Labute approximate surface area is 159 Å². The average Bonchev–Trinajstić information content (AvgIpc) is 2.67. The number of nitrogens with one attached hydrogen (secondary N) is 1. The van der Waals surface area contributed by atoms with Crippen molar-refractivity contribution < 1.29 is 27.5 Å². The third kappa shape index (κ3) is 5.33. The van der Waals surface area contributed by atoms with Crippen LogP contribution in [0.5, 0.6) is 11.5 Å². The number of rotatable bonds is 7. The number of carbonyl (C=O) groups is 2. The SMILES string of the molecule is COc1ccc(S(=O)(=O)NCCC(=O)N2CCN(C(C)=O)CC2)cc1OC. The predicted molar refractivity (Wildman–Crippen MR) is 98.2 cm³/mol. The molecule has 1 saturated heterocycles. The molecule has 0 atom stereocenters. The first-order valence-corrected chi connectivity index (χ1v) is 10.0. The molecule has 0 aliphatic carbocycles. The van der Waals surface area contributed by atoms with E-state index in [-0.39, 0.29) is 29.7 Å². The summed E-state index contributed by atoms with van der Waals surface area (Å²) in [5, 5.41) is 0. The van der Waals surface area contributed by atoms with Gasteiger partial charge in [0, 0.05) is 52.1 Å². The number of sulfonamides is 1. The van der Waals surface area contributed by atoms with E-state index in [1.54, 1.807) is 9.80 Å². The summed E-state index contributed by atoms with van der Waals surface area (Å²) < 4.78 is 37.4. The van der Waals surface area contributed by atoms with Gasteiger partial charge >= 0.3 is 0 Å². The van der Waals surface area contributed by atoms with Crippen LogP contribution in [-0.2, 0) is 19.6 Å². The highest BCUT2D eigenvalue weighted by molar-refractivity contribution is 7.89. The van der Waals surface area contributed by atoms with Gasteiger partial charge in [0.1, 0.15) is 0 Å². The maximum Gasteiger partial charge on any atom is 0.240 e. The molecular weight excluding hydrogens is 374 g/mol. The molecule has 1 heterocycles. The molecule has 1 N–H and O–H groups in total. The van der Waals surface area contributed by atoms with E-state index in [1.165, 1.54) is 39.3 Å². The molecule has 10 heteroatoms. The average molecular weight is 399 g/mol. The van der Waals surface area contributed by atoms with Gasteiger partial charge in [0.25, 0.3) is 0 Å². The molecule has 0 bridgehead atoms. The van der Waals surface area contributed by atoms with Gasteiger partial charge in [0.2, 0.25) is 21.8 Å². The minimum absolute atomic E-state index is 0.00946. The molecule has 150 valence electrons. The van der Waals surface area contributed by atoms with Crippen molar-refractivity contribution in [3.05, 3.63) is 18.2 Å². The van der Waals surface area contributed by atoms with Crippen molar-refractivity contribution in [2.45, 2.75) is 18.2 Å². The third-order valence-corrected chi connectivity index (χ3v) is 5.83. The van der Waals surface area contributed by atoms with Gasteiger partial charge in [-0.1, -0.05) is 0 Å². The first-order chi connectivity index (χ1) is 12.8. The summed E-state index contributed by atoms with van der Waals surface area (Å²) in [6, 6.07) is 4.28. The van der Waals surface area contributed by atoms with Gasteiger partial charge in [-0.05, 0) is 12.1 Å². The lowest BCUT2D eigenvalue weighted by molar-refractivity contribution is -0.138. The summed E-state index contributed by atoms with van der Waals surface area (Å²) >= 11 is 0. The maximum atomic E-state index is 12.4. The third-order valence-electron chi connectivity index (χ3n) is 4.37. The summed E-state index contributed by atoms with van der Waals surface area (Å²) in [5.74, 6) is 0.578. The van der Waals surface area contributed by atoms with Crippen molar-refractivity contribution >= 4 is 21.8 Å². The Morgan fingerprint density at radius 2 is 1.63 bits per heavy atom. The van der Waals surface area contributed by atoms with E-state index in [9.17, 15) is 18.0 Å². The lowest BCUT2D eigenvalue weighted by Gasteiger charge is -2.34. The molecule has 0 spiro atoms. The van der Waals surface area contributed by atoms with Crippen molar-refractivity contribution in [1.82, 2.24) is 14.5 Å². The molecule has 0 aromatic heterocycles. The van der Waals surface area contributed by atoms with Crippen molar-refractivity contribution in [3.8, 4) is 11.5 Å². The van der Waals surface area contributed by atoms with E-state index in [4.69, 9.17) is 9.47 Å². The Morgan fingerprint density at radius 1 is 1.04 bits per heavy atom. The number of hydrogen-bond acceptors (Lipinski definition) is 6. The smallest absolute Gasteiger partial charge is 0.240 e. The van der Waals surface area contributed by atoms with Crippen LogP contribution in [0.1, 0.15) is 13.3 Å². The molecule has 1 aliphatic rings. The molecule has 2 rings (SSSR count). The van der Waals surface area contributed by atoms with Crippen molar-refractivity contribution in [1.29, 1.82) is 0 Å². The first-order valence-electron chi connectivity index (χ1n) is 8.53. The molecule has 1 fully saturated rings. The van der Waals surface area contributed by atoms with Crippen LogP contribution in [-0.4, -0.2) is 77.0 Å². The molecule has 0 radical (unpaired) electrons. The normalized spacial score (nSPS) is 14.8. The van der Waals surface area contributed by atoms with E-state index >= 15 is 0 Å². The molecule has 9 nitrogen and oxygen atoms in total. The van der Waals surface area contributed by atoms with Gasteiger partial charge in [0.05, 0.1) is 19.1 Å².